The predicted octanol–water partition coefficient (Wildman–Crippen LogP) is 3.75. The largest absolute Gasteiger partial charge is 0.462 e. The number of nitrogens with zero attached hydrogens (tertiary/aromatic N) is 2. The average Bonchev–Trinajstić information content (AvgIpc) is 3.04. The molecule has 2 N–H and O–H groups in total. The summed E-state index contributed by atoms with van der Waals surface area (Å²) in [6.07, 6.45) is 3.70. The number of rotatable bonds is 1. The predicted molar refractivity (Wildman–Crippen MR) is 99.3 cm³/mol. The van der Waals surface area contributed by atoms with Crippen molar-refractivity contribution in [2.24, 2.45) is 10.7 Å². The van der Waals surface area contributed by atoms with E-state index in [1.165, 1.54) is 0 Å². The molecule has 3 heterocycles. The van der Waals surface area contributed by atoms with Crippen LogP contribution in [0.3, 0.4) is 0 Å². The lowest BCUT2D eigenvalue weighted by molar-refractivity contribution is 0.265. The number of hydrogen-bond acceptors (Lipinski definition) is 5. The molecular formula is C21H17N3O2. The van der Waals surface area contributed by atoms with Gasteiger partial charge >= 0.3 is 0 Å². The van der Waals surface area contributed by atoms with Crippen molar-refractivity contribution < 1.29 is 9.47 Å². The van der Waals surface area contributed by atoms with Crippen molar-refractivity contribution in [3.8, 4) is 22.6 Å². The van der Waals surface area contributed by atoms with Crippen LogP contribution in [0.15, 0.2) is 65.9 Å². The Morgan fingerprint density at radius 1 is 1.04 bits per heavy atom. The molecule has 128 valence electrons. The topological polar surface area (TPSA) is 69.7 Å². The first kappa shape index (κ1) is 15.0. The van der Waals surface area contributed by atoms with Crippen molar-refractivity contribution in [2.45, 2.75) is 12.5 Å². The summed E-state index contributed by atoms with van der Waals surface area (Å²) in [6.45, 7) is 2.38. The quantitative estimate of drug-likeness (QED) is 0.730. The number of amidine groups is 1. The summed E-state index contributed by atoms with van der Waals surface area (Å²) in [5.74, 6) is 1.55. The van der Waals surface area contributed by atoms with Crippen molar-refractivity contribution in [1.82, 2.24) is 4.98 Å². The Morgan fingerprint density at radius 3 is 2.69 bits per heavy atom. The highest BCUT2D eigenvalue weighted by Gasteiger charge is 2.48. The lowest BCUT2D eigenvalue weighted by Gasteiger charge is -2.35. The second-order valence-corrected chi connectivity index (χ2v) is 6.63. The minimum atomic E-state index is -0.714. The summed E-state index contributed by atoms with van der Waals surface area (Å²) >= 11 is 0. The second-order valence-electron chi connectivity index (χ2n) is 6.63. The Labute approximate surface area is 151 Å². The van der Waals surface area contributed by atoms with E-state index >= 15 is 0 Å². The van der Waals surface area contributed by atoms with Gasteiger partial charge in [-0.3, -0.25) is 4.98 Å². The number of aliphatic imine (C=N–C) groups is 1. The van der Waals surface area contributed by atoms with E-state index in [0.29, 0.717) is 6.61 Å². The zero-order chi connectivity index (χ0) is 17.7. The van der Waals surface area contributed by atoms with Gasteiger partial charge in [0.15, 0.2) is 5.54 Å². The lowest BCUT2D eigenvalue weighted by Crippen LogP contribution is -2.31. The van der Waals surface area contributed by atoms with Crippen LogP contribution in [0, 0.1) is 6.92 Å². The smallest absolute Gasteiger partial charge is 0.283 e. The number of aryl methyl sites for hydroxylation is 1. The fourth-order valence-electron chi connectivity index (χ4n) is 3.83. The van der Waals surface area contributed by atoms with Gasteiger partial charge in [-0.15, -0.1) is 0 Å². The molecule has 1 unspecified atom stereocenters. The van der Waals surface area contributed by atoms with Gasteiger partial charge in [-0.1, -0.05) is 30.3 Å². The number of para-hydroxylation sites is 1. The van der Waals surface area contributed by atoms with E-state index in [4.69, 9.17) is 20.2 Å². The van der Waals surface area contributed by atoms with Crippen LogP contribution in [-0.4, -0.2) is 17.6 Å². The highest BCUT2D eigenvalue weighted by atomic mass is 16.5. The molecule has 5 heteroatoms. The van der Waals surface area contributed by atoms with E-state index in [0.717, 1.165) is 39.3 Å². The molecule has 5 rings (SSSR count). The molecule has 5 nitrogen and oxygen atoms in total. The summed E-state index contributed by atoms with van der Waals surface area (Å²) < 4.78 is 11.8. The number of ether oxygens (including phenoxy) is 2. The standard InChI is InChI=1S/C21H17N3O2/c1-13-9-14(11-23-10-13)15-5-4-8-18-19(15)21(12-25-20(22)24-21)16-6-2-3-7-17(16)26-18/h2-11H,12H2,1H3,(H2,22,24). The minimum Gasteiger partial charge on any atom is -0.462 e. The molecule has 2 aliphatic rings. The molecule has 0 saturated carbocycles. The molecule has 0 fully saturated rings. The van der Waals surface area contributed by atoms with Crippen LogP contribution in [0.1, 0.15) is 16.7 Å². The first-order chi connectivity index (χ1) is 12.7. The van der Waals surface area contributed by atoms with Gasteiger partial charge < -0.3 is 15.2 Å². The molecule has 2 aliphatic heterocycles. The summed E-state index contributed by atoms with van der Waals surface area (Å²) in [7, 11) is 0. The molecule has 0 radical (unpaired) electrons. The third kappa shape index (κ3) is 2.03. The van der Waals surface area contributed by atoms with E-state index < -0.39 is 5.54 Å². The van der Waals surface area contributed by atoms with Crippen LogP contribution in [-0.2, 0) is 10.3 Å². The van der Waals surface area contributed by atoms with Crippen molar-refractivity contribution in [1.29, 1.82) is 0 Å². The Morgan fingerprint density at radius 2 is 1.88 bits per heavy atom. The molecule has 1 spiro atoms. The third-order valence-corrected chi connectivity index (χ3v) is 4.91. The van der Waals surface area contributed by atoms with E-state index in [1.807, 2.05) is 55.7 Å². The minimum absolute atomic E-state index is 0.199. The van der Waals surface area contributed by atoms with Crippen LogP contribution in [0.2, 0.25) is 0 Å². The third-order valence-electron chi connectivity index (χ3n) is 4.91. The number of fused-ring (bicyclic) bond motifs is 4. The van der Waals surface area contributed by atoms with Crippen LogP contribution in [0.4, 0.5) is 0 Å². The first-order valence-corrected chi connectivity index (χ1v) is 8.48. The number of hydrogen-bond donors (Lipinski definition) is 1. The maximum absolute atomic E-state index is 6.21. The SMILES string of the molecule is Cc1cncc(-c2cccc3c2C2(COC(N)=N2)c2ccccc2O3)c1. The van der Waals surface area contributed by atoms with Gasteiger partial charge in [-0.2, -0.15) is 0 Å². The van der Waals surface area contributed by atoms with E-state index in [2.05, 4.69) is 17.1 Å². The van der Waals surface area contributed by atoms with Crippen molar-refractivity contribution in [3.63, 3.8) is 0 Å². The molecule has 0 bridgehead atoms. The molecule has 3 aromatic rings. The molecule has 1 atom stereocenters. The Bertz CT molecular complexity index is 1060. The van der Waals surface area contributed by atoms with Gasteiger partial charge in [-0.05, 0) is 36.2 Å². The van der Waals surface area contributed by atoms with Gasteiger partial charge in [0.1, 0.15) is 18.1 Å². The van der Waals surface area contributed by atoms with Crippen LogP contribution in [0.25, 0.3) is 11.1 Å². The van der Waals surface area contributed by atoms with E-state index in [-0.39, 0.29) is 6.02 Å². The normalized spacial score (nSPS) is 20.0. The Balaban J connectivity index is 1.84. The first-order valence-electron chi connectivity index (χ1n) is 8.48. The molecule has 0 amide bonds. The lowest BCUT2D eigenvalue weighted by atomic mass is 9.78. The molecule has 1 aromatic heterocycles. The van der Waals surface area contributed by atoms with Crippen LogP contribution >= 0.6 is 0 Å². The molecule has 2 aromatic carbocycles. The molecule has 0 aliphatic carbocycles. The number of pyridine rings is 1. The van der Waals surface area contributed by atoms with Crippen LogP contribution < -0.4 is 10.5 Å². The van der Waals surface area contributed by atoms with Gasteiger partial charge in [0.25, 0.3) is 6.02 Å². The van der Waals surface area contributed by atoms with Gasteiger partial charge in [0, 0.05) is 29.1 Å². The highest BCUT2D eigenvalue weighted by Crippen LogP contribution is 2.53. The zero-order valence-corrected chi connectivity index (χ0v) is 14.3. The van der Waals surface area contributed by atoms with Crippen molar-refractivity contribution in [3.05, 3.63) is 77.6 Å². The Hall–Kier alpha value is -3.34. The molecule has 26 heavy (non-hydrogen) atoms. The monoisotopic (exact) mass is 343 g/mol. The molecule has 0 saturated heterocycles. The summed E-state index contributed by atoms with van der Waals surface area (Å²) in [6, 6.07) is 16.2. The second kappa shape index (κ2) is 5.33. The van der Waals surface area contributed by atoms with Gasteiger partial charge in [0.2, 0.25) is 0 Å². The fourth-order valence-corrected chi connectivity index (χ4v) is 3.83. The number of nitrogens with two attached hydrogens (primary N) is 1. The summed E-state index contributed by atoms with van der Waals surface area (Å²) in [5, 5.41) is 0. The van der Waals surface area contributed by atoms with Crippen molar-refractivity contribution >= 4 is 6.02 Å². The molecular weight excluding hydrogens is 326 g/mol. The fraction of sp³-hybridized carbons (Fsp3) is 0.143. The van der Waals surface area contributed by atoms with E-state index in [1.54, 1.807) is 0 Å². The van der Waals surface area contributed by atoms with Crippen LogP contribution in [0.5, 0.6) is 11.5 Å². The van der Waals surface area contributed by atoms with E-state index in [9.17, 15) is 0 Å². The maximum Gasteiger partial charge on any atom is 0.283 e. The Kier molecular flexibility index (Phi) is 3.06. The van der Waals surface area contributed by atoms with Gasteiger partial charge in [0.05, 0.1) is 0 Å². The number of benzene rings is 2. The summed E-state index contributed by atoms with van der Waals surface area (Å²) in [4.78, 5) is 9.09. The van der Waals surface area contributed by atoms with Crippen molar-refractivity contribution in [2.75, 3.05) is 6.61 Å². The highest BCUT2D eigenvalue weighted by molar-refractivity contribution is 5.81. The van der Waals surface area contributed by atoms with Gasteiger partial charge in [-0.25, -0.2) is 4.99 Å². The zero-order valence-electron chi connectivity index (χ0n) is 14.3. The number of aromatic nitrogens is 1. The summed E-state index contributed by atoms with van der Waals surface area (Å²) in [5.41, 5.74) is 10.3. The average molecular weight is 343 g/mol. The maximum atomic E-state index is 6.21.